The molecule has 3 aromatic rings. The van der Waals surface area contributed by atoms with Crippen LogP contribution in [0.4, 0.5) is 5.82 Å². The van der Waals surface area contributed by atoms with E-state index in [0.29, 0.717) is 6.04 Å². The molecule has 2 aliphatic rings. The van der Waals surface area contributed by atoms with E-state index in [1.165, 1.54) is 22.9 Å². The summed E-state index contributed by atoms with van der Waals surface area (Å²) in [6, 6.07) is 4.54. The van der Waals surface area contributed by atoms with Gasteiger partial charge >= 0.3 is 0 Å². The van der Waals surface area contributed by atoms with E-state index >= 15 is 0 Å². The predicted molar refractivity (Wildman–Crippen MR) is 111 cm³/mol. The summed E-state index contributed by atoms with van der Waals surface area (Å²) in [7, 11) is 0. The first kappa shape index (κ1) is 17.4. The summed E-state index contributed by atoms with van der Waals surface area (Å²) in [5, 5.41) is 8.39. The van der Waals surface area contributed by atoms with E-state index in [9.17, 15) is 0 Å². The van der Waals surface area contributed by atoms with Gasteiger partial charge in [0.05, 0.1) is 24.9 Å². The number of nitrogens with zero attached hydrogens (tertiary/aromatic N) is 4. The van der Waals surface area contributed by atoms with Crippen molar-refractivity contribution in [1.82, 2.24) is 20.2 Å². The Labute approximate surface area is 164 Å². The maximum atomic E-state index is 5.65. The number of morpholine rings is 1. The highest BCUT2D eigenvalue weighted by Crippen LogP contribution is 2.38. The number of nitrogens with one attached hydrogen (secondary N) is 1. The average molecular weight is 375 g/mol. The lowest BCUT2D eigenvalue weighted by Gasteiger charge is -2.35. The Bertz CT molecular complexity index is 1040. The molecule has 0 bridgehead atoms. The van der Waals surface area contributed by atoms with Gasteiger partial charge in [0, 0.05) is 24.3 Å². The molecular formula is C22H25N5O. The summed E-state index contributed by atoms with van der Waals surface area (Å²) < 4.78 is 5.65. The Morgan fingerprint density at radius 1 is 1.32 bits per heavy atom. The van der Waals surface area contributed by atoms with Gasteiger partial charge in [-0.25, -0.2) is 4.98 Å². The fraction of sp³-hybridized carbons (Fsp3) is 0.409. The van der Waals surface area contributed by atoms with Gasteiger partial charge in [0.25, 0.3) is 0 Å². The van der Waals surface area contributed by atoms with Gasteiger partial charge in [-0.3, -0.25) is 10.1 Å². The SMILES string of the molecule is Cc1cnc(-c2ccn[nH]2)c2nc(N3CCOC[C@H]3C)cc(C3=CCCC3)c12. The minimum atomic E-state index is 0.303. The van der Waals surface area contributed by atoms with Crippen LogP contribution < -0.4 is 4.90 Å². The lowest BCUT2D eigenvalue weighted by atomic mass is 9.96. The summed E-state index contributed by atoms with van der Waals surface area (Å²) in [5.41, 5.74) is 6.60. The normalized spacial score (nSPS) is 20.0. The maximum absolute atomic E-state index is 5.65. The summed E-state index contributed by atoms with van der Waals surface area (Å²) in [5.74, 6) is 1.01. The van der Waals surface area contributed by atoms with Gasteiger partial charge in [-0.15, -0.1) is 0 Å². The van der Waals surface area contributed by atoms with E-state index in [4.69, 9.17) is 14.7 Å². The van der Waals surface area contributed by atoms with Crippen molar-refractivity contribution in [2.75, 3.05) is 24.7 Å². The van der Waals surface area contributed by atoms with Crippen LogP contribution in [0.3, 0.4) is 0 Å². The highest BCUT2D eigenvalue weighted by Gasteiger charge is 2.24. The molecular weight excluding hydrogens is 350 g/mol. The quantitative estimate of drug-likeness (QED) is 0.746. The largest absolute Gasteiger partial charge is 0.377 e. The van der Waals surface area contributed by atoms with E-state index in [1.54, 1.807) is 6.20 Å². The standard InChI is InChI=1S/C22H25N5O/c1-14-12-23-21(18-7-8-24-26-18)22-20(14)17(16-5-3-4-6-16)11-19(25-22)27-9-10-28-13-15(27)2/h5,7-8,11-12,15H,3-4,6,9-10,13H2,1-2H3,(H,24,26)/t15-/m1/s1. The number of ether oxygens (including phenoxy) is 1. The lowest BCUT2D eigenvalue weighted by molar-refractivity contribution is 0.0985. The molecule has 0 saturated carbocycles. The number of allylic oxidation sites excluding steroid dienone is 2. The zero-order valence-corrected chi connectivity index (χ0v) is 16.4. The van der Waals surface area contributed by atoms with Crippen LogP contribution in [0, 0.1) is 6.92 Å². The van der Waals surface area contributed by atoms with Crippen molar-refractivity contribution in [3.8, 4) is 11.4 Å². The van der Waals surface area contributed by atoms with Crippen molar-refractivity contribution in [2.45, 2.75) is 39.2 Å². The maximum Gasteiger partial charge on any atom is 0.130 e. The summed E-state index contributed by atoms with van der Waals surface area (Å²) in [6.07, 6.45) is 9.60. The molecule has 6 nitrogen and oxygen atoms in total. The summed E-state index contributed by atoms with van der Waals surface area (Å²) >= 11 is 0. The first-order valence-electron chi connectivity index (χ1n) is 10.1. The van der Waals surface area contributed by atoms with E-state index in [0.717, 1.165) is 60.9 Å². The van der Waals surface area contributed by atoms with Crippen molar-refractivity contribution in [3.63, 3.8) is 0 Å². The topological polar surface area (TPSA) is 66.9 Å². The smallest absolute Gasteiger partial charge is 0.130 e. The summed E-state index contributed by atoms with van der Waals surface area (Å²) in [6.45, 7) is 6.66. The Morgan fingerprint density at radius 3 is 3.00 bits per heavy atom. The fourth-order valence-electron chi connectivity index (χ4n) is 4.36. The Morgan fingerprint density at radius 2 is 2.25 bits per heavy atom. The molecule has 1 aliphatic carbocycles. The number of rotatable bonds is 3. The van der Waals surface area contributed by atoms with Gasteiger partial charge in [0.15, 0.2) is 0 Å². The first-order chi connectivity index (χ1) is 13.7. The van der Waals surface area contributed by atoms with Crippen LogP contribution in [-0.4, -0.2) is 46.0 Å². The molecule has 0 unspecified atom stereocenters. The Hall–Kier alpha value is -2.73. The first-order valence-corrected chi connectivity index (χ1v) is 10.1. The molecule has 4 heterocycles. The number of H-pyrrole nitrogens is 1. The summed E-state index contributed by atoms with van der Waals surface area (Å²) in [4.78, 5) is 12.2. The molecule has 0 aromatic carbocycles. The van der Waals surface area contributed by atoms with Gasteiger partial charge in [0.2, 0.25) is 0 Å². The fourth-order valence-corrected chi connectivity index (χ4v) is 4.36. The zero-order chi connectivity index (χ0) is 19.1. The van der Waals surface area contributed by atoms with Gasteiger partial charge in [-0.05, 0) is 61.9 Å². The molecule has 0 spiro atoms. The van der Waals surface area contributed by atoms with Gasteiger partial charge in [0.1, 0.15) is 17.0 Å². The van der Waals surface area contributed by atoms with E-state index in [2.05, 4.69) is 41.1 Å². The minimum Gasteiger partial charge on any atom is -0.377 e. The molecule has 5 rings (SSSR count). The van der Waals surface area contributed by atoms with Crippen molar-refractivity contribution in [2.24, 2.45) is 0 Å². The second-order valence-electron chi connectivity index (χ2n) is 7.75. The van der Waals surface area contributed by atoms with Crippen LogP contribution in [-0.2, 0) is 4.74 Å². The number of anilines is 1. The average Bonchev–Trinajstić information content (AvgIpc) is 3.42. The van der Waals surface area contributed by atoms with Crippen molar-refractivity contribution in [1.29, 1.82) is 0 Å². The number of pyridine rings is 2. The molecule has 1 aliphatic heterocycles. The molecule has 28 heavy (non-hydrogen) atoms. The van der Waals surface area contributed by atoms with E-state index in [1.807, 2.05) is 12.3 Å². The van der Waals surface area contributed by atoms with Crippen LogP contribution in [0.2, 0.25) is 0 Å². The van der Waals surface area contributed by atoms with Crippen molar-refractivity contribution >= 4 is 22.3 Å². The molecule has 1 saturated heterocycles. The highest BCUT2D eigenvalue weighted by atomic mass is 16.5. The number of fused-ring (bicyclic) bond motifs is 1. The molecule has 1 fully saturated rings. The Balaban J connectivity index is 1.79. The van der Waals surface area contributed by atoms with Gasteiger partial charge in [-0.2, -0.15) is 5.10 Å². The molecule has 6 heteroatoms. The number of aromatic nitrogens is 4. The molecule has 3 aromatic heterocycles. The number of hydrogen-bond donors (Lipinski definition) is 1. The predicted octanol–water partition coefficient (Wildman–Crippen LogP) is 4.12. The van der Waals surface area contributed by atoms with Crippen LogP contribution >= 0.6 is 0 Å². The zero-order valence-electron chi connectivity index (χ0n) is 16.4. The molecule has 1 atom stereocenters. The van der Waals surface area contributed by atoms with Crippen molar-refractivity contribution < 1.29 is 4.74 Å². The second kappa shape index (κ2) is 7.02. The van der Waals surface area contributed by atoms with Gasteiger partial charge in [-0.1, -0.05) is 6.08 Å². The second-order valence-corrected chi connectivity index (χ2v) is 7.75. The van der Waals surface area contributed by atoms with Gasteiger partial charge < -0.3 is 9.64 Å². The Kier molecular flexibility index (Phi) is 4.36. The third-order valence-corrected chi connectivity index (χ3v) is 5.82. The van der Waals surface area contributed by atoms with Crippen LogP contribution in [0.1, 0.15) is 37.3 Å². The lowest BCUT2D eigenvalue weighted by Crippen LogP contribution is -2.44. The number of hydrogen-bond acceptors (Lipinski definition) is 5. The molecule has 144 valence electrons. The third kappa shape index (κ3) is 2.88. The molecule has 0 amide bonds. The molecule has 1 N–H and O–H groups in total. The van der Waals surface area contributed by atoms with Crippen LogP contribution in [0.15, 0.2) is 30.6 Å². The highest BCUT2D eigenvalue weighted by molar-refractivity contribution is 6.01. The van der Waals surface area contributed by atoms with Crippen LogP contribution in [0.25, 0.3) is 27.9 Å². The monoisotopic (exact) mass is 375 g/mol. The van der Waals surface area contributed by atoms with E-state index < -0.39 is 0 Å². The number of aromatic amines is 1. The van der Waals surface area contributed by atoms with Crippen molar-refractivity contribution in [3.05, 3.63) is 41.7 Å². The minimum absolute atomic E-state index is 0.303. The third-order valence-electron chi connectivity index (χ3n) is 5.82. The molecule has 0 radical (unpaired) electrons. The van der Waals surface area contributed by atoms with E-state index in [-0.39, 0.29) is 0 Å². The van der Waals surface area contributed by atoms with Crippen LogP contribution in [0.5, 0.6) is 0 Å². The number of aryl methyl sites for hydroxylation is 1.